The highest BCUT2D eigenvalue weighted by molar-refractivity contribution is 6.32. The molecule has 1 atom stereocenters. The molecule has 1 aromatic rings. The quantitative estimate of drug-likeness (QED) is 0.781. The summed E-state index contributed by atoms with van der Waals surface area (Å²) >= 11 is 6.04. The average Bonchev–Trinajstić information content (AvgIpc) is 3.26. The number of halogens is 4. The molecule has 4 nitrogen and oxygen atoms in total. The maximum atomic E-state index is 13.4. The smallest absolute Gasteiger partial charge is 0.428 e. The third kappa shape index (κ3) is 3.19. The van der Waals surface area contributed by atoms with Gasteiger partial charge < -0.3 is 14.6 Å². The second-order valence-electron chi connectivity index (χ2n) is 5.86. The Balaban J connectivity index is 2.43. The van der Waals surface area contributed by atoms with Gasteiger partial charge in [0.1, 0.15) is 5.75 Å². The highest BCUT2D eigenvalue weighted by Crippen LogP contribution is 2.58. The van der Waals surface area contributed by atoms with Crippen LogP contribution in [0.4, 0.5) is 13.2 Å². The first-order valence-electron chi connectivity index (χ1n) is 7.40. The van der Waals surface area contributed by atoms with Gasteiger partial charge in [-0.2, -0.15) is 13.2 Å². The number of benzene rings is 1. The minimum absolute atomic E-state index is 0.255. The van der Waals surface area contributed by atoms with Gasteiger partial charge in [0.05, 0.1) is 18.7 Å². The zero-order valence-corrected chi connectivity index (χ0v) is 14.0. The number of alkyl halides is 3. The molecular formula is C16H18ClF3O4. The Kier molecular flexibility index (Phi) is 5.06. The molecule has 1 saturated carbocycles. The van der Waals surface area contributed by atoms with Crippen LogP contribution in [0.3, 0.4) is 0 Å². The zero-order chi connectivity index (χ0) is 18.2. The van der Waals surface area contributed by atoms with Gasteiger partial charge in [-0.05, 0) is 25.8 Å². The minimum Gasteiger partial charge on any atom is -0.495 e. The van der Waals surface area contributed by atoms with E-state index in [1.807, 2.05) is 0 Å². The number of hydrogen-bond donors (Lipinski definition) is 1. The maximum Gasteiger partial charge on any atom is 0.428 e. The topological polar surface area (TPSA) is 55.8 Å². The molecule has 2 rings (SSSR count). The van der Waals surface area contributed by atoms with E-state index in [0.29, 0.717) is 18.4 Å². The molecule has 0 heterocycles. The standard InChI is InChI=1S/C16H18ClF3O4/c1-3-24-13(21)15(22,16(18,19)20)9-14(7-8-14)10-5-4-6-11(17)12(10)23-2/h4-6,22H,3,7-9H2,1-2H3. The van der Waals surface area contributed by atoms with Gasteiger partial charge in [0.2, 0.25) is 0 Å². The first-order valence-corrected chi connectivity index (χ1v) is 7.78. The average molecular weight is 367 g/mol. The lowest BCUT2D eigenvalue weighted by molar-refractivity contribution is -0.266. The Morgan fingerprint density at radius 2 is 2.00 bits per heavy atom. The number of carbonyl (C=O) groups is 1. The van der Waals surface area contributed by atoms with Crippen LogP contribution in [-0.2, 0) is 14.9 Å². The van der Waals surface area contributed by atoms with Crippen LogP contribution in [0.5, 0.6) is 5.75 Å². The van der Waals surface area contributed by atoms with Crippen LogP contribution in [0.2, 0.25) is 5.02 Å². The van der Waals surface area contributed by atoms with E-state index in [2.05, 4.69) is 4.74 Å². The van der Waals surface area contributed by atoms with Crippen molar-refractivity contribution in [1.82, 2.24) is 0 Å². The molecule has 0 bridgehead atoms. The Hall–Kier alpha value is -1.47. The minimum atomic E-state index is -5.15. The van der Waals surface area contributed by atoms with Crippen molar-refractivity contribution < 1.29 is 32.5 Å². The summed E-state index contributed by atoms with van der Waals surface area (Å²) in [5.41, 5.74) is -4.16. The second-order valence-corrected chi connectivity index (χ2v) is 6.26. The molecule has 24 heavy (non-hydrogen) atoms. The van der Waals surface area contributed by atoms with Crippen LogP contribution in [-0.4, -0.2) is 36.6 Å². The fraction of sp³-hybridized carbons (Fsp3) is 0.562. The van der Waals surface area contributed by atoms with E-state index in [1.165, 1.54) is 14.0 Å². The summed E-state index contributed by atoms with van der Waals surface area (Å²) in [6, 6.07) is 4.75. The second kappa shape index (κ2) is 6.44. The van der Waals surface area contributed by atoms with Gasteiger partial charge in [-0.15, -0.1) is 0 Å². The van der Waals surface area contributed by atoms with Crippen LogP contribution in [0, 0.1) is 0 Å². The van der Waals surface area contributed by atoms with Crippen LogP contribution in [0.1, 0.15) is 31.7 Å². The van der Waals surface area contributed by atoms with Crippen molar-refractivity contribution in [3.05, 3.63) is 28.8 Å². The van der Waals surface area contributed by atoms with E-state index < -0.39 is 29.6 Å². The maximum absolute atomic E-state index is 13.4. The highest BCUT2D eigenvalue weighted by Gasteiger charge is 2.66. The van der Waals surface area contributed by atoms with Gasteiger partial charge in [-0.1, -0.05) is 23.7 Å². The van der Waals surface area contributed by atoms with Crippen molar-refractivity contribution in [3.63, 3.8) is 0 Å². The number of para-hydroxylation sites is 1. The lowest BCUT2D eigenvalue weighted by Crippen LogP contribution is -2.54. The molecule has 1 aliphatic carbocycles. The molecule has 1 unspecified atom stereocenters. The van der Waals surface area contributed by atoms with Crippen LogP contribution < -0.4 is 4.74 Å². The van der Waals surface area contributed by atoms with Crippen LogP contribution in [0.25, 0.3) is 0 Å². The van der Waals surface area contributed by atoms with Gasteiger partial charge in [0.15, 0.2) is 0 Å². The lowest BCUT2D eigenvalue weighted by Gasteiger charge is -2.32. The molecule has 0 aromatic heterocycles. The SMILES string of the molecule is CCOC(=O)C(O)(CC1(c2cccc(Cl)c2OC)CC1)C(F)(F)F. The fourth-order valence-corrected chi connectivity index (χ4v) is 3.11. The molecule has 0 amide bonds. The van der Waals surface area contributed by atoms with Gasteiger partial charge in [-0.25, -0.2) is 4.79 Å². The molecule has 134 valence electrons. The Morgan fingerprint density at radius 1 is 1.38 bits per heavy atom. The van der Waals surface area contributed by atoms with Crippen molar-refractivity contribution in [1.29, 1.82) is 0 Å². The molecule has 0 radical (unpaired) electrons. The van der Waals surface area contributed by atoms with E-state index in [0.717, 1.165) is 0 Å². The molecule has 0 spiro atoms. The first-order chi connectivity index (χ1) is 11.1. The molecule has 0 aliphatic heterocycles. The van der Waals surface area contributed by atoms with E-state index in [1.54, 1.807) is 18.2 Å². The zero-order valence-electron chi connectivity index (χ0n) is 13.2. The lowest BCUT2D eigenvalue weighted by atomic mass is 9.82. The predicted molar refractivity (Wildman–Crippen MR) is 81.2 cm³/mol. The summed E-state index contributed by atoms with van der Waals surface area (Å²) in [5.74, 6) is -1.44. The van der Waals surface area contributed by atoms with Crippen molar-refractivity contribution in [2.24, 2.45) is 0 Å². The molecular weight excluding hydrogens is 349 g/mol. The monoisotopic (exact) mass is 366 g/mol. The van der Waals surface area contributed by atoms with E-state index in [4.69, 9.17) is 16.3 Å². The summed E-state index contributed by atoms with van der Waals surface area (Å²) in [6.45, 7) is 1.12. The van der Waals surface area contributed by atoms with Crippen molar-refractivity contribution >= 4 is 17.6 Å². The number of methoxy groups -OCH3 is 1. The molecule has 1 N–H and O–H groups in total. The summed E-state index contributed by atoms with van der Waals surface area (Å²) in [7, 11) is 1.36. The van der Waals surface area contributed by atoms with Gasteiger partial charge in [0, 0.05) is 17.4 Å². The normalized spacial score (nSPS) is 18.6. The van der Waals surface area contributed by atoms with Crippen molar-refractivity contribution in [2.45, 2.75) is 43.4 Å². The van der Waals surface area contributed by atoms with E-state index in [9.17, 15) is 23.1 Å². The number of ether oxygens (including phenoxy) is 2. The number of esters is 1. The predicted octanol–water partition coefficient (Wildman–Crippen LogP) is 3.63. The summed E-state index contributed by atoms with van der Waals surface area (Å²) in [4.78, 5) is 11.8. The molecule has 8 heteroatoms. The van der Waals surface area contributed by atoms with E-state index >= 15 is 0 Å². The number of aliphatic hydroxyl groups is 1. The first kappa shape index (κ1) is 18.9. The van der Waals surface area contributed by atoms with Crippen molar-refractivity contribution in [2.75, 3.05) is 13.7 Å². The van der Waals surface area contributed by atoms with Gasteiger partial charge >= 0.3 is 12.1 Å². The fourth-order valence-electron chi connectivity index (χ4n) is 2.85. The number of carbonyl (C=O) groups excluding carboxylic acids is 1. The summed E-state index contributed by atoms with van der Waals surface area (Å²) < 4.78 is 49.9. The van der Waals surface area contributed by atoms with Crippen LogP contribution in [0.15, 0.2) is 18.2 Å². The Labute approximate surface area is 142 Å². The molecule has 1 fully saturated rings. The number of hydrogen-bond acceptors (Lipinski definition) is 4. The summed E-state index contributed by atoms with van der Waals surface area (Å²) in [6.07, 6.45) is -5.23. The third-order valence-corrected chi connectivity index (χ3v) is 4.57. The van der Waals surface area contributed by atoms with E-state index in [-0.39, 0.29) is 17.4 Å². The van der Waals surface area contributed by atoms with Gasteiger partial charge in [-0.3, -0.25) is 0 Å². The van der Waals surface area contributed by atoms with Crippen molar-refractivity contribution in [3.8, 4) is 5.75 Å². The molecule has 1 aromatic carbocycles. The summed E-state index contributed by atoms with van der Waals surface area (Å²) in [5, 5.41) is 10.4. The largest absolute Gasteiger partial charge is 0.495 e. The third-order valence-electron chi connectivity index (χ3n) is 4.27. The highest BCUT2D eigenvalue weighted by atomic mass is 35.5. The van der Waals surface area contributed by atoms with Gasteiger partial charge in [0.25, 0.3) is 5.60 Å². The van der Waals surface area contributed by atoms with Crippen LogP contribution >= 0.6 is 11.6 Å². The molecule has 0 saturated heterocycles. The number of rotatable bonds is 6. The molecule has 1 aliphatic rings. The Bertz CT molecular complexity index is 628. The Morgan fingerprint density at radius 3 is 2.46 bits per heavy atom.